The lowest BCUT2D eigenvalue weighted by molar-refractivity contribution is 0.239. The summed E-state index contributed by atoms with van der Waals surface area (Å²) >= 11 is 0. The van der Waals surface area contributed by atoms with Crippen LogP contribution in [-0.2, 0) is 17.6 Å². The average Bonchev–Trinajstić information content (AvgIpc) is 3.42. The van der Waals surface area contributed by atoms with Crippen molar-refractivity contribution < 1.29 is 9.15 Å². The van der Waals surface area contributed by atoms with Crippen molar-refractivity contribution in [1.29, 1.82) is 0 Å². The number of hydrogen-bond donors (Lipinski definition) is 0. The fraction of sp³-hybridized carbons (Fsp3) is 0.129. The molecule has 0 spiro atoms. The summed E-state index contributed by atoms with van der Waals surface area (Å²) in [6, 6.07) is 34.6. The van der Waals surface area contributed by atoms with Gasteiger partial charge >= 0.3 is 0 Å². The van der Waals surface area contributed by atoms with Gasteiger partial charge in [-0.15, -0.1) is 12.3 Å². The summed E-state index contributed by atoms with van der Waals surface area (Å²) in [4.78, 5) is 2.40. The van der Waals surface area contributed by atoms with Gasteiger partial charge in [-0.2, -0.15) is 0 Å². The third kappa shape index (κ3) is 12.0. The average molecular weight is 848 g/mol. The van der Waals surface area contributed by atoms with E-state index >= 15 is 0 Å². The first-order valence-electron chi connectivity index (χ1n) is 22.4. The van der Waals surface area contributed by atoms with Crippen molar-refractivity contribution in [3.05, 3.63) is 264 Å². The Morgan fingerprint density at radius 3 is 2.37 bits per heavy atom. The maximum absolute atomic E-state index is 6.36. The zero-order chi connectivity index (χ0) is 45.1. The molecular weight excluding hydrogens is 791 g/mol. The van der Waals surface area contributed by atoms with Crippen molar-refractivity contribution in [2.75, 3.05) is 18.1 Å². The van der Waals surface area contributed by atoms with E-state index in [9.17, 15) is 0 Å². The molecule has 0 bridgehead atoms. The van der Waals surface area contributed by atoms with Gasteiger partial charge < -0.3 is 14.1 Å². The van der Waals surface area contributed by atoms with E-state index in [2.05, 4.69) is 237 Å². The Hall–Kier alpha value is -7.80. The highest BCUT2D eigenvalue weighted by molar-refractivity contribution is 5.94. The van der Waals surface area contributed by atoms with Gasteiger partial charge in [0.15, 0.2) is 0 Å². The third-order valence-electron chi connectivity index (χ3n) is 11.2. The molecule has 3 aliphatic rings. The normalized spacial score (nSPS) is 16.3. The number of rotatable bonds is 13. The molecule has 0 fully saturated rings. The van der Waals surface area contributed by atoms with Gasteiger partial charge in [-0.3, -0.25) is 0 Å². The highest BCUT2D eigenvalue weighted by Gasteiger charge is 2.19. The summed E-state index contributed by atoms with van der Waals surface area (Å²) in [5, 5.41) is 1.15. The zero-order valence-corrected chi connectivity index (χ0v) is 37.6. The number of benzene rings is 4. The molecule has 4 aromatic carbocycles. The summed E-state index contributed by atoms with van der Waals surface area (Å²) in [5.74, 6) is 4.21. The standard InChI is InChI=1S/C59H53NO2.C3H4/c1-3-21-46(47-26-11-6-12-27-47)29-19-41-60(51(22-4-2)31-18-17-25-45-23-9-5-10-24-45)52-38-39-53(50-37-40-59-56(43-50)54-32-14-8-16-34-58(54)62-59)55(44-52)48-30-20-42-61-57-33-15-7-13-28-49(57)36-35-48;1-3-2/h3-24,26-31,34-35,37-40,43-44H,1,25,32-33,36,41-42H2,2H3;1H,2H3/b18-17+,22-4-,29-19-,30-20-,46-21+,48-35+,51-31+;. The molecule has 1 aliphatic heterocycles. The number of nitrogens with zero attached hydrogens (tertiary/aromatic N) is 1. The van der Waals surface area contributed by atoms with Crippen LogP contribution in [-0.4, -0.2) is 13.2 Å². The highest BCUT2D eigenvalue weighted by Crippen LogP contribution is 2.39. The van der Waals surface area contributed by atoms with Gasteiger partial charge in [-0.05, 0) is 126 Å². The zero-order valence-electron chi connectivity index (χ0n) is 37.6. The van der Waals surface area contributed by atoms with Gasteiger partial charge in [0.25, 0.3) is 0 Å². The molecule has 1 aromatic heterocycles. The Balaban J connectivity index is 0.00000204. The second-order valence-corrected chi connectivity index (χ2v) is 15.6. The van der Waals surface area contributed by atoms with Crippen LogP contribution in [0.25, 0.3) is 39.3 Å². The number of hydrogen-bond acceptors (Lipinski definition) is 3. The molecule has 0 atom stereocenters. The van der Waals surface area contributed by atoms with Crippen LogP contribution in [0.15, 0.2) is 241 Å². The first-order valence-corrected chi connectivity index (χ1v) is 22.4. The molecule has 322 valence electrons. The van der Waals surface area contributed by atoms with E-state index in [1.807, 2.05) is 12.1 Å². The second kappa shape index (κ2) is 23.6. The summed E-state index contributed by atoms with van der Waals surface area (Å²) in [6.07, 6.45) is 50.9. The Morgan fingerprint density at radius 1 is 0.785 bits per heavy atom. The molecule has 0 saturated carbocycles. The van der Waals surface area contributed by atoms with Crippen LogP contribution < -0.4 is 4.90 Å². The lowest BCUT2D eigenvalue weighted by Crippen LogP contribution is -2.22. The predicted molar refractivity (Wildman–Crippen MR) is 279 cm³/mol. The molecule has 65 heavy (non-hydrogen) atoms. The largest absolute Gasteiger partial charge is 0.493 e. The number of furan rings is 1. The van der Waals surface area contributed by atoms with E-state index in [0.717, 1.165) is 93.0 Å². The van der Waals surface area contributed by atoms with Crippen LogP contribution >= 0.6 is 0 Å². The molecular formula is C62H57NO2. The Bertz CT molecular complexity index is 2870. The highest BCUT2D eigenvalue weighted by atomic mass is 16.5. The van der Waals surface area contributed by atoms with Crippen molar-refractivity contribution >= 4 is 33.9 Å². The van der Waals surface area contributed by atoms with Gasteiger partial charge in [-0.1, -0.05) is 177 Å². The second-order valence-electron chi connectivity index (χ2n) is 15.6. The van der Waals surface area contributed by atoms with Crippen molar-refractivity contribution in [3.63, 3.8) is 0 Å². The van der Waals surface area contributed by atoms with Gasteiger partial charge in [0.1, 0.15) is 23.7 Å². The Labute approximate surface area is 386 Å². The number of ether oxygens (including phenoxy) is 1. The maximum atomic E-state index is 6.36. The topological polar surface area (TPSA) is 25.6 Å². The molecule has 3 nitrogen and oxygen atoms in total. The molecule has 3 heteroatoms. The van der Waals surface area contributed by atoms with Crippen LogP contribution in [0.4, 0.5) is 5.69 Å². The van der Waals surface area contributed by atoms with Crippen LogP contribution in [0.5, 0.6) is 0 Å². The summed E-state index contributed by atoms with van der Waals surface area (Å²) in [6.45, 7) is 8.89. The van der Waals surface area contributed by atoms with E-state index in [4.69, 9.17) is 9.15 Å². The summed E-state index contributed by atoms with van der Waals surface area (Å²) < 4.78 is 12.7. The molecule has 0 amide bonds. The SMILES string of the molecule is C#CC.C=C/C=C(\C=C/CN(C(/C=C\C)=C/C=C/Cc1ccccc1)c1ccc(-c2ccc3oc4c(c3c2)CC=CC=C4)c(C2=C/CC3=C(CC=CC=C3)OC/C=C\2)c1)c1ccccc1. The van der Waals surface area contributed by atoms with E-state index in [1.165, 1.54) is 16.7 Å². The summed E-state index contributed by atoms with van der Waals surface area (Å²) in [7, 11) is 0. The van der Waals surface area contributed by atoms with Crippen molar-refractivity contribution in [3.8, 4) is 23.5 Å². The smallest absolute Gasteiger partial charge is 0.135 e. The molecule has 0 radical (unpaired) electrons. The quantitative estimate of drug-likeness (QED) is 0.0872. The lowest BCUT2D eigenvalue weighted by Gasteiger charge is -2.26. The van der Waals surface area contributed by atoms with E-state index < -0.39 is 0 Å². The third-order valence-corrected chi connectivity index (χ3v) is 11.2. The maximum Gasteiger partial charge on any atom is 0.135 e. The van der Waals surface area contributed by atoms with Gasteiger partial charge in [0, 0.05) is 35.3 Å². The fourth-order valence-electron chi connectivity index (χ4n) is 8.11. The fourth-order valence-corrected chi connectivity index (χ4v) is 8.11. The molecule has 0 N–H and O–H groups in total. The molecule has 2 aliphatic carbocycles. The van der Waals surface area contributed by atoms with Gasteiger partial charge in [0.05, 0.1) is 0 Å². The van der Waals surface area contributed by atoms with Crippen LogP contribution in [0.1, 0.15) is 54.7 Å². The Kier molecular flexibility index (Phi) is 16.4. The van der Waals surface area contributed by atoms with Crippen LogP contribution in [0.3, 0.4) is 0 Å². The van der Waals surface area contributed by atoms with Crippen LogP contribution in [0.2, 0.25) is 0 Å². The number of terminal acetylenes is 1. The number of anilines is 1. The molecule has 5 aromatic rings. The first kappa shape index (κ1) is 45.2. The lowest BCUT2D eigenvalue weighted by atomic mass is 9.91. The predicted octanol–water partition coefficient (Wildman–Crippen LogP) is 15.9. The monoisotopic (exact) mass is 847 g/mol. The molecule has 2 heterocycles. The van der Waals surface area contributed by atoms with Gasteiger partial charge in [-0.25, -0.2) is 0 Å². The molecule has 8 rings (SSSR count). The van der Waals surface area contributed by atoms with E-state index in [1.54, 1.807) is 6.92 Å². The van der Waals surface area contributed by atoms with Crippen molar-refractivity contribution in [2.45, 2.75) is 39.5 Å². The van der Waals surface area contributed by atoms with E-state index in [-0.39, 0.29) is 0 Å². The first-order chi connectivity index (χ1) is 32.1. The van der Waals surface area contributed by atoms with Crippen molar-refractivity contribution in [1.82, 2.24) is 0 Å². The van der Waals surface area contributed by atoms with E-state index in [0.29, 0.717) is 13.2 Å². The van der Waals surface area contributed by atoms with Crippen LogP contribution in [0, 0.1) is 12.3 Å². The summed E-state index contributed by atoms with van der Waals surface area (Å²) in [5.41, 5.74) is 13.6. The Morgan fingerprint density at radius 2 is 1.57 bits per heavy atom. The van der Waals surface area contributed by atoms with Crippen molar-refractivity contribution in [2.24, 2.45) is 0 Å². The minimum Gasteiger partial charge on any atom is -0.493 e. The molecule has 0 unspecified atom stereocenters. The minimum absolute atomic E-state index is 0.503. The molecule has 0 saturated heterocycles. The van der Waals surface area contributed by atoms with Gasteiger partial charge in [0.2, 0.25) is 0 Å². The minimum atomic E-state index is 0.503. The number of allylic oxidation sites excluding steroid dienone is 20. The number of fused-ring (bicyclic) bond motifs is 3.